The molecule has 0 fully saturated rings. The number of hydrogen-bond donors (Lipinski definition) is 4. The summed E-state index contributed by atoms with van der Waals surface area (Å²) >= 11 is 0. The molecule has 0 saturated carbocycles. The summed E-state index contributed by atoms with van der Waals surface area (Å²) in [5, 5.41) is 27.0. The van der Waals surface area contributed by atoms with Gasteiger partial charge in [-0.3, -0.25) is 0 Å². The number of aromatic nitrogens is 2. The molecule has 0 unspecified atom stereocenters. The van der Waals surface area contributed by atoms with E-state index >= 15 is 0 Å². The second-order valence-electron chi connectivity index (χ2n) is 6.12. The standard InChI is InChI=1S/C21H16N4O3/c26-16-7-3-6-15(12-16)23-21-22-9-8-19(25-21)24-18-11-14-5-2-1-4-13(14)10-17(18)20(27)28/h1-12,26H,(H,27,28)(H2,22,23,24,25). The highest BCUT2D eigenvalue weighted by Crippen LogP contribution is 2.27. The summed E-state index contributed by atoms with van der Waals surface area (Å²) in [5.41, 5.74) is 1.22. The quantitative estimate of drug-likeness (QED) is 0.408. The Kier molecular flexibility index (Phi) is 4.47. The molecule has 0 atom stereocenters. The normalized spacial score (nSPS) is 10.6. The van der Waals surface area contributed by atoms with Gasteiger partial charge in [0.05, 0.1) is 11.3 Å². The van der Waals surface area contributed by atoms with Crippen LogP contribution in [0.2, 0.25) is 0 Å². The Morgan fingerprint density at radius 3 is 2.43 bits per heavy atom. The Morgan fingerprint density at radius 1 is 0.893 bits per heavy atom. The van der Waals surface area contributed by atoms with E-state index in [-0.39, 0.29) is 11.3 Å². The molecular formula is C21H16N4O3. The second-order valence-corrected chi connectivity index (χ2v) is 6.12. The molecule has 0 aliphatic rings. The Morgan fingerprint density at radius 2 is 1.68 bits per heavy atom. The highest BCUT2D eigenvalue weighted by molar-refractivity contribution is 6.01. The number of carbonyl (C=O) groups is 1. The first-order chi connectivity index (χ1) is 13.6. The van der Waals surface area contributed by atoms with Crippen molar-refractivity contribution in [3.05, 3.63) is 78.5 Å². The van der Waals surface area contributed by atoms with E-state index in [1.807, 2.05) is 24.3 Å². The summed E-state index contributed by atoms with van der Waals surface area (Å²) < 4.78 is 0. The number of benzene rings is 3. The number of nitrogens with zero attached hydrogens (tertiary/aromatic N) is 2. The average molecular weight is 372 g/mol. The zero-order valence-corrected chi connectivity index (χ0v) is 14.6. The average Bonchev–Trinajstić information content (AvgIpc) is 2.67. The molecule has 0 saturated heterocycles. The SMILES string of the molecule is O=C(O)c1cc2ccccc2cc1Nc1ccnc(Nc2cccc(O)c2)n1. The lowest BCUT2D eigenvalue weighted by atomic mass is 10.0. The highest BCUT2D eigenvalue weighted by Gasteiger charge is 2.13. The smallest absolute Gasteiger partial charge is 0.337 e. The van der Waals surface area contributed by atoms with Crippen molar-refractivity contribution in [2.45, 2.75) is 0 Å². The monoisotopic (exact) mass is 372 g/mol. The third-order valence-corrected chi connectivity index (χ3v) is 4.14. The number of rotatable bonds is 5. The number of nitrogens with one attached hydrogen (secondary N) is 2. The molecule has 0 amide bonds. The number of anilines is 4. The summed E-state index contributed by atoms with van der Waals surface area (Å²) in [6, 6.07) is 19.2. The van der Waals surface area contributed by atoms with Crippen LogP contribution in [0.25, 0.3) is 10.8 Å². The molecule has 1 heterocycles. The van der Waals surface area contributed by atoms with Crippen LogP contribution in [0.5, 0.6) is 5.75 Å². The van der Waals surface area contributed by atoms with Gasteiger partial charge in [0.1, 0.15) is 11.6 Å². The van der Waals surface area contributed by atoms with Gasteiger partial charge < -0.3 is 20.8 Å². The highest BCUT2D eigenvalue weighted by atomic mass is 16.4. The second kappa shape index (κ2) is 7.24. The molecule has 0 radical (unpaired) electrons. The molecule has 28 heavy (non-hydrogen) atoms. The molecular weight excluding hydrogens is 356 g/mol. The molecule has 3 aromatic carbocycles. The van der Waals surface area contributed by atoms with E-state index in [9.17, 15) is 15.0 Å². The van der Waals surface area contributed by atoms with Crippen molar-refractivity contribution in [2.75, 3.05) is 10.6 Å². The fourth-order valence-electron chi connectivity index (χ4n) is 2.86. The number of fused-ring (bicyclic) bond motifs is 1. The summed E-state index contributed by atoms with van der Waals surface area (Å²) in [5.74, 6) is -0.148. The van der Waals surface area contributed by atoms with Crippen molar-refractivity contribution in [3.8, 4) is 5.75 Å². The minimum Gasteiger partial charge on any atom is -0.508 e. The largest absolute Gasteiger partial charge is 0.508 e. The van der Waals surface area contributed by atoms with Gasteiger partial charge in [0.2, 0.25) is 5.95 Å². The van der Waals surface area contributed by atoms with Gasteiger partial charge >= 0.3 is 5.97 Å². The maximum Gasteiger partial charge on any atom is 0.337 e. The van der Waals surface area contributed by atoms with Crippen LogP contribution >= 0.6 is 0 Å². The summed E-state index contributed by atoms with van der Waals surface area (Å²) in [4.78, 5) is 20.2. The Labute approximate surface area is 160 Å². The van der Waals surface area contributed by atoms with Gasteiger partial charge in [0.15, 0.2) is 0 Å². The Bertz CT molecular complexity index is 1180. The number of aromatic hydroxyl groups is 1. The Balaban J connectivity index is 1.66. The third kappa shape index (κ3) is 3.68. The summed E-state index contributed by atoms with van der Waals surface area (Å²) in [6.45, 7) is 0. The van der Waals surface area contributed by atoms with Gasteiger partial charge in [-0.1, -0.05) is 30.3 Å². The zero-order valence-electron chi connectivity index (χ0n) is 14.6. The number of phenolic OH excluding ortho intramolecular Hbond substituents is 1. The van der Waals surface area contributed by atoms with Gasteiger partial charge in [-0.05, 0) is 41.1 Å². The number of phenols is 1. The van der Waals surface area contributed by atoms with Gasteiger partial charge in [-0.25, -0.2) is 9.78 Å². The fourth-order valence-corrected chi connectivity index (χ4v) is 2.86. The van der Waals surface area contributed by atoms with Crippen LogP contribution in [0.1, 0.15) is 10.4 Å². The molecule has 0 spiro atoms. The van der Waals surface area contributed by atoms with Crippen LogP contribution in [-0.2, 0) is 0 Å². The fraction of sp³-hybridized carbons (Fsp3) is 0. The molecule has 0 aliphatic carbocycles. The van der Waals surface area contributed by atoms with Crippen LogP contribution in [-0.4, -0.2) is 26.2 Å². The summed E-state index contributed by atoms with van der Waals surface area (Å²) in [6.07, 6.45) is 1.56. The first-order valence-electron chi connectivity index (χ1n) is 8.51. The topological polar surface area (TPSA) is 107 Å². The first kappa shape index (κ1) is 17.3. The van der Waals surface area contributed by atoms with Gasteiger partial charge in [0.25, 0.3) is 0 Å². The van der Waals surface area contributed by atoms with Crippen LogP contribution in [0, 0.1) is 0 Å². The van der Waals surface area contributed by atoms with Crippen LogP contribution in [0.3, 0.4) is 0 Å². The van der Waals surface area contributed by atoms with Crippen molar-refractivity contribution in [1.29, 1.82) is 0 Å². The predicted octanol–water partition coefficient (Wildman–Crippen LogP) is 4.52. The van der Waals surface area contributed by atoms with Gasteiger partial charge in [-0.15, -0.1) is 0 Å². The molecule has 1 aromatic heterocycles. The third-order valence-electron chi connectivity index (χ3n) is 4.14. The maximum absolute atomic E-state index is 11.7. The first-order valence-corrected chi connectivity index (χ1v) is 8.51. The van der Waals surface area contributed by atoms with E-state index in [1.165, 1.54) is 0 Å². The predicted molar refractivity (Wildman–Crippen MR) is 108 cm³/mol. The zero-order chi connectivity index (χ0) is 19.5. The molecule has 4 aromatic rings. The number of carboxylic acid groups (broad SMARTS) is 1. The van der Waals surface area contributed by atoms with Crippen LogP contribution in [0.15, 0.2) is 72.9 Å². The van der Waals surface area contributed by atoms with Crippen molar-refractivity contribution < 1.29 is 15.0 Å². The van der Waals surface area contributed by atoms with E-state index in [0.29, 0.717) is 23.1 Å². The van der Waals surface area contributed by atoms with E-state index < -0.39 is 5.97 Å². The van der Waals surface area contributed by atoms with E-state index in [0.717, 1.165) is 10.8 Å². The molecule has 4 N–H and O–H groups in total. The molecule has 7 heteroatoms. The lowest BCUT2D eigenvalue weighted by Gasteiger charge is -2.12. The van der Waals surface area contributed by atoms with Crippen molar-refractivity contribution in [3.63, 3.8) is 0 Å². The number of carboxylic acids is 1. The molecule has 138 valence electrons. The lowest BCUT2D eigenvalue weighted by Crippen LogP contribution is -2.05. The lowest BCUT2D eigenvalue weighted by molar-refractivity contribution is 0.0698. The molecule has 0 bridgehead atoms. The van der Waals surface area contributed by atoms with Crippen molar-refractivity contribution in [2.24, 2.45) is 0 Å². The number of aromatic carboxylic acids is 1. The van der Waals surface area contributed by atoms with E-state index in [2.05, 4.69) is 20.6 Å². The molecule has 4 rings (SSSR count). The van der Waals surface area contributed by atoms with Crippen molar-refractivity contribution >= 4 is 39.9 Å². The van der Waals surface area contributed by atoms with Crippen LogP contribution < -0.4 is 10.6 Å². The van der Waals surface area contributed by atoms with Crippen LogP contribution in [0.4, 0.5) is 23.1 Å². The van der Waals surface area contributed by atoms with Gasteiger partial charge in [0, 0.05) is 18.0 Å². The minimum atomic E-state index is -1.03. The maximum atomic E-state index is 11.7. The summed E-state index contributed by atoms with van der Waals surface area (Å²) in [7, 11) is 0. The van der Waals surface area contributed by atoms with E-state index in [1.54, 1.807) is 48.7 Å². The molecule has 0 aliphatic heterocycles. The Hall–Kier alpha value is -4.13. The minimum absolute atomic E-state index is 0.126. The number of hydrogen-bond acceptors (Lipinski definition) is 6. The van der Waals surface area contributed by atoms with Gasteiger partial charge in [-0.2, -0.15) is 4.98 Å². The van der Waals surface area contributed by atoms with Crippen molar-refractivity contribution in [1.82, 2.24) is 9.97 Å². The molecule has 7 nitrogen and oxygen atoms in total. The van der Waals surface area contributed by atoms with E-state index in [4.69, 9.17) is 0 Å².